The van der Waals surface area contributed by atoms with Gasteiger partial charge in [-0.25, -0.2) is 0 Å². The molecule has 2 aromatic carbocycles. The first-order chi connectivity index (χ1) is 9.74. The largest absolute Gasteiger partial charge is 0.493 e. The molecule has 2 rings (SSSR count). The Bertz CT molecular complexity index is 608. The van der Waals surface area contributed by atoms with Crippen molar-refractivity contribution < 1.29 is 14.7 Å². The average Bonchev–Trinajstić information content (AvgIpc) is 2.47. The van der Waals surface area contributed by atoms with Crippen LogP contribution in [0.2, 0.25) is 0 Å². The molecule has 20 heavy (non-hydrogen) atoms. The summed E-state index contributed by atoms with van der Waals surface area (Å²) in [6, 6.07) is 13.4. The SMILES string of the molecule is COc1ccc(/C=N/O)cc1OCc1ccccc1C. The summed E-state index contributed by atoms with van der Waals surface area (Å²) < 4.78 is 11.1. The summed E-state index contributed by atoms with van der Waals surface area (Å²) in [6.07, 6.45) is 1.35. The highest BCUT2D eigenvalue weighted by molar-refractivity contribution is 5.80. The van der Waals surface area contributed by atoms with Gasteiger partial charge in [0.1, 0.15) is 6.61 Å². The Morgan fingerprint density at radius 1 is 1.15 bits per heavy atom. The van der Waals surface area contributed by atoms with Crippen molar-refractivity contribution >= 4 is 6.21 Å². The fourth-order valence-electron chi connectivity index (χ4n) is 1.88. The molecule has 0 aliphatic rings. The fourth-order valence-corrected chi connectivity index (χ4v) is 1.88. The maximum absolute atomic E-state index is 8.58. The zero-order valence-corrected chi connectivity index (χ0v) is 11.5. The second-order valence-corrected chi connectivity index (χ2v) is 4.37. The van der Waals surface area contributed by atoms with Crippen molar-refractivity contribution in [2.24, 2.45) is 5.16 Å². The molecular weight excluding hydrogens is 254 g/mol. The minimum absolute atomic E-state index is 0.461. The van der Waals surface area contributed by atoms with E-state index in [4.69, 9.17) is 14.7 Å². The Kier molecular flexibility index (Phi) is 4.60. The fraction of sp³-hybridized carbons (Fsp3) is 0.188. The van der Waals surface area contributed by atoms with Gasteiger partial charge in [0.15, 0.2) is 11.5 Å². The summed E-state index contributed by atoms with van der Waals surface area (Å²) in [5.41, 5.74) is 3.04. The van der Waals surface area contributed by atoms with Crippen LogP contribution in [0.25, 0.3) is 0 Å². The minimum Gasteiger partial charge on any atom is -0.493 e. The molecule has 0 saturated carbocycles. The monoisotopic (exact) mass is 271 g/mol. The van der Waals surface area contributed by atoms with Crippen LogP contribution in [0.4, 0.5) is 0 Å². The molecule has 0 fully saturated rings. The zero-order chi connectivity index (χ0) is 14.4. The molecule has 4 heteroatoms. The third kappa shape index (κ3) is 3.29. The molecule has 0 radical (unpaired) electrons. The summed E-state index contributed by atoms with van der Waals surface area (Å²) in [5, 5.41) is 11.6. The van der Waals surface area contributed by atoms with E-state index < -0.39 is 0 Å². The first kappa shape index (κ1) is 13.9. The lowest BCUT2D eigenvalue weighted by atomic mass is 10.1. The second kappa shape index (κ2) is 6.61. The van der Waals surface area contributed by atoms with Crippen LogP contribution in [0.1, 0.15) is 16.7 Å². The zero-order valence-electron chi connectivity index (χ0n) is 11.5. The Balaban J connectivity index is 2.19. The van der Waals surface area contributed by atoms with E-state index >= 15 is 0 Å². The average molecular weight is 271 g/mol. The summed E-state index contributed by atoms with van der Waals surface area (Å²) in [6.45, 7) is 2.51. The van der Waals surface area contributed by atoms with Crippen LogP contribution in [0.5, 0.6) is 11.5 Å². The molecule has 0 amide bonds. The summed E-state index contributed by atoms with van der Waals surface area (Å²) >= 11 is 0. The highest BCUT2D eigenvalue weighted by atomic mass is 16.5. The van der Waals surface area contributed by atoms with Gasteiger partial charge in [-0.05, 0) is 36.2 Å². The van der Waals surface area contributed by atoms with E-state index in [0.29, 0.717) is 18.1 Å². The van der Waals surface area contributed by atoms with Gasteiger partial charge in [-0.1, -0.05) is 29.4 Å². The van der Waals surface area contributed by atoms with Gasteiger partial charge in [-0.2, -0.15) is 0 Å². The third-order valence-corrected chi connectivity index (χ3v) is 3.04. The molecule has 0 unspecified atom stereocenters. The predicted molar refractivity (Wildman–Crippen MR) is 77.9 cm³/mol. The van der Waals surface area contributed by atoms with Crippen LogP contribution in [-0.2, 0) is 6.61 Å². The van der Waals surface area contributed by atoms with Crippen LogP contribution < -0.4 is 9.47 Å². The van der Waals surface area contributed by atoms with Crippen molar-refractivity contribution in [1.29, 1.82) is 0 Å². The highest BCUT2D eigenvalue weighted by Crippen LogP contribution is 2.28. The smallest absolute Gasteiger partial charge is 0.162 e. The molecule has 0 aliphatic carbocycles. The molecule has 0 aliphatic heterocycles. The van der Waals surface area contributed by atoms with Gasteiger partial charge in [-0.3, -0.25) is 0 Å². The minimum atomic E-state index is 0.461. The highest BCUT2D eigenvalue weighted by Gasteiger charge is 2.06. The first-order valence-corrected chi connectivity index (χ1v) is 6.27. The number of aryl methyl sites for hydroxylation is 1. The Labute approximate surface area is 118 Å². The molecule has 0 saturated heterocycles. The number of ether oxygens (including phenoxy) is 2. The molecule has 1 N–H and O–H groups in total. The van der Waals surface area contributed by atoms with Gasteiger partial charge in [0.05, 0.1) is 13.3 Å². The van der Waals surface area contributed by atoms with Crippen LogP contribution in [0, 0.1) is 6.92 Å². The van der Waals surface area contributed by atoms with E-state index in [9.17, 15) is 0 Å². The first-order valence-electron chi connectivity index (χ1n) is 6.27. The van der Waals surface area contributed by atoms with Crippen LogP contribution in [0.3, 0.4) is 0 Å². The molecular formula is C16H17NO3. The van der Waals surface area contributed by atoms with Crippen molar-refractivity contribution in [1.82, 2.24) is 0 Å². The van der Waals surface area contributed by atoms with Gasteiger partial charge in [-0.15, -0.1) is 0 Å². The van der Waals surface area contributed by atoms with E-state index in [1.54, 1.807) is 25.3 Å². The van der Waals surface area contributed by atoms with E-state index in [2.05, 4.69) is 5.16 Å². The molecule has 0 bridgehead atoms. The molecule has 0 atom stereocenters. The lowest BCUT2D eigenvalue weighted by Crippen LogP contribution is -2.00. The number of rotatable bonds is 5. The van der Waals surface area contributed by atoms with Gasteiger partial charge >= 0.3 is 0 Å². The second-order valence-electron chi connectivity index (χ2n) is 4.37. The van der Waals surface area contributed by atoms with Crippen molar-refractivity contribution in [2.45, 2.75) is 13.5 Å². The van der Waals surface area contributed by atoms with E-state index in [1.165, 1.54) is 11.8 Å². The van der Waals surface area contributed by atoms with E-state index in [0.717, 1.165) is 11.1 Å². The Morgan fingerprint density at radius 2 is 1.95 bits per heavy atom. The van der Waals surface area contributed by atoms with Gasteiger partial charge < -0.3 is 14.7 Å². The molecule has 0 heterocycles. The van der Waals surface area contributed by atoms with Crippen LogP contribution >= 0.6 is 0 Å². The number of hydrogen-bond acceptors (Lipinski definition) is 4. The Morgan fingerprint density at radius 3 is 2.65 bits per heavy atom. The molecule has 0 spiro atoms. The summed E-state index contributed by atoms with van der Waals surface area (Å²) in [7, 11) is 1.59. The van der Waals surface area contributed by atoms with Crippen molar-refractivity contribution in [3.8, 4) is 11.5 Å². The topological polar surface area (TPSA) is 51.0 Å². The van der Waals surface area contributed by atoms with Crippen molar-refractivity contribution in [3.05, 3.63) is 59.2 Å². The standard InChI is InChI=1S/C16H17NO3/c1-12-5-3-4-6-14(12)11-20-16-9-13(10-17-18)7-8-15(16)19-2/h3-10,18H,11H2,1-2H3/b17-10+. The summed E-state index contributed by atoms with van der Waals surface area (Å²) in [4.78, 5) is 0. The maximum Gasteiger partial charge on any atom is 0.162 e. The molecule has 2 aromatic rings. The van der Waals surface area contributed by atoms with Crippen molar-refractivity contribution in [2.75, 3.05) is 7.11 Å². The number of oxime groups is 1. The normalized spacial score (nSPS) is 10.7. The van der Waals surface area contributed by atoms with Gasteiger partial charge in [0.2, 0.25) is 0 Å². The number of benzene rings is 2. The predicted octanol–water partition coefficient (Wildman–Crippen LogP) is 3.39. The number of hydrogen-bond donors (Lipinski definition) is 1. The van der Waals surface area contributed by atoms with Crippen LogP contribution in [0.15, 0.2) is 47.6 Å². The van der Waals surface area contributed by atoms with Crippen LogP contribution in [-0.4, -0.2) is 18.5 Å². The van der Waals surface area contributed by atoms with E-state index in [-0.39, 0.29) is 0 Å². The number of nitrogens with zero attached hydrogens (tertiary/aromatic N) is 1. The van der Waals surface area contributed by atoms with Crippen molar-refractivity contribution in [3.63, 3.8) is 0 Å². The molecule has 0 aromatic heterocycles. The molecule has 4 nitrogen and oxygen atoms in total. The lowest BCUT2D eigenvalue weighted by Gasteiger charge is -2.12. The number of methoxy groups -OCH3 is 1. The maximum atomic E-state index is 8.58. The van der Waals surface area contributed by atoms with Gasteiger partial charge in [0, 0.05) is 5.56 Å². The lowest BCUT2D eigenvalue weighted by molar-refractivity contribution is 0.284. The summed E-state index contributed by atoms with van der Waals surface area (Å²) in [5.74, 6) is 1.27. The van der Waals surface area contributed by atoms with E-state index in [1.807, 2.05) is 31.2 Å². The third-order valence-electron chi connectivity index (χ3n) is 3.04. The molecule has 104 valence electrons. The van der Waals surface area contributed by atoms with Gasteiger partial charge in [0.25, 0.3) is 0 Å². The Hall–Kier alpha value is -2.49. The quantitative estimate of drug-likeness (QED) is 0.515.